The standard InChI is InChI=1S/C10H10F3O2/c1-2-15-9-4-3-7(6-14)5-8(9)10(11,12)13/h3-6,14H,2H2,1H3. The molecule has 0 aliphatic heterocycles. The van der Waals surface area contributed by atoms with Gasteiger partial charge in [0.15, 0.2) is 0 Å². The van der Waals surface area contributed by atoms with Crippen LogP contribution in [0.1, 0.15) is 18.1 Å². The monoisotopic (exact) mass is 219 g/mol. The Morgan fingerprint density at radius 1 is 1.40 bits per heavy atom. The highest BCUT2D eigenvalue weighted by Gasteiger charge is 2.34. The van der Waals surface area contributed by atoms with Gasteiger partial charge in [0.25, 0.3) is 0 Å². The highest BCUT2D eigenvalue weighted by Crippen LogP contribution is 2.36. The first-order valence-corrected chi connectivity index (χ1v) is 4.30. The third-order valence-corrected chi connectivity index (χ3v) is 1.76. The van der Waals surface area contributed by atoms with Gasteiger partial charge in [0.1, 0.15) is 12.4 Å². The molecular weight excluding hydrogens is 209 g/mol. The molecule has 15 heavy (non-hydrogen) atoms. The number of aliphatic hydroxyl groups excluding tert-OH is 1. The highest BCUT2D eigenvalue weighted by atomic mass is 19.4. The lowest BCUT2D eigenvalue weighted by molar-refractivity contribution is -0.138. The predicted octanol–water partition coefficient (Wildman–Crippen LogP) is 2.99. The Balaban J connectivity index is 3.16. The van der Waals surface area contributed by atoms with Gasteiger partial charge in [-0.1, -0.05) is 6.07 Å². The van der Waals surface area contributed by atoms with Crippen LogP contribution in [0.25, 0.3) is 0 Å². The van der Waals surface area contributed by atoms with Crippen molar-refractivity contribution < 1.29 is 23.0 Å². The van der Waals surface area contributed by atoms with Crippen LogP contribution in [0.3, 0.4) is 0 Å². The first-order chi connectivity index (χ1) is 6.99. The molecule has 0 amide bonds. The van der Waals surface area contributed by atoms with Gasteiger partial charge >= 0.3 is 6.18 Å². The smallest absolute Gasteiger partial charge is 0.419 e. The number of ether oxygens (including phenoxy) is 1. The molecule has 0 spiro atoms. The van der Waals surface area contributed by atoms with Gasteiger partial charge in [-0.3, -0.25) is 0 Å². The fourth-order valence-corrected chi connectivity index (χ4v) is 1.13. The lowest BCUT2D eigenvalue weighted by atomic mass is 10.1. The average molecular weight is 219 g/mol. The van der Waals surface area contributed by atoms with Crippen molar-refractivity contribution in [2.75, 3.05) is 6.61 Å². The molecule has 5 heteroatoms. The van der Waals surface area contributed by atoms with Crippen LogP contribution >= 0.6 is 0 Å². The molecule has 1 rings (SSSR count). The molecule has 0 saturated carbocycles. The number of hydrogen-bond acceptors (Lipinski definition) is 2. The second kappa shape index (κ2) is 4.53. The Hall–Kier alpha value is -1.23. The largest absolute Gasteiger partial charge is 0.493 e. The first-order valence-electron chi connectivity index (χ1n) is 4.30. The van der Waals surface area contributed by atoms with E-state index in [1.165, 1.54) is 12.1 Å². The van der Waals surface area contributed by atoms with E-state index in [0.717, 1.165) is 6.07 Å². The molecule has 1 aromatic carbocycles. The Bertz CT molecular complexity index is 334. The van der Waals surface area contributed by atoms with Gasteiger partial charge in [-0.25, -0.2) is 0 Å². The van der Waals surface area contributed by atoms with E-state index >= 15 is 0 Å². The third-order valence-electron chi connectivity index (χ3n) is 1.76. The van der Waals surface area contributed by atoms with Crippen LogP contribution in [0.4, 0.5) is 13.2 Å². The summed E-state index contributed by atoms with van der Waals surface area (Å²) in [5, 5.41) is 8.62. The first kappa shape index (κ1) is 11.8. The van der Waals surface area contributed by atoms with Crippen LogP contribution in [-0.4, -0.2) is 11.7 Å². The van der Waals surface area contributed by atoms with Gasteiger partial charge in [-0.05, 0) is 24.6 Å². The Labute approximate surface area is 85.3 Å². The molecule has 83 valence electrons. The van der Waals surface area contributed by atoms with E-state index in [1.807, 2.05) is 0 Å². The predicted molar refractivity (Wildman–Crippen MR) is 48.0 cm³/mol. The van der Waals surface area contributed by atoms with E-state index in [4.69, 9.17) is 9.84 Å². The minimum absolute atomic E-state index is 0.0887. The van der Waals surface area contributed by atoms with Gasteiger partial charge in [-0.2, -0.15) is 13.2 Å². The molecule has 0 unspecified atom stereocenters. The molecule has 1 radical (unpaired) electrons. The average Bonchev–Trinajstić information content (AvgIpc) is 2.17. The zero-order chi connectivity index (χ0) is 11.5. The lowest BCUT2D eigenvalue weighted by Crippen LogP contribution is -2.09. The summed E-state index contributed by atoms with van der Waals surface area (Å²) >= 11 is 0. The molecule has 2 nitrogen and oxygen atoms in total. The van der Waals surface area contributed by atoms with Crippen molar-refractivity contribution in [1.29, 1.82) is 0 Å². The van der Waals surface area contributed by atoms with Crippen LogP contribution in [0.5, 0.6) is 5.75 Å². The van der Waals surface area contributed by atoms with Crippen LogP contribution in [-0.2, 0) is 6.18 Å². The fraction of sp³-hybridized carbons (Fsp3) is 0.300. The van der Waals surface area contributed by atoms with E-state index in [2.05, 4.69) is 0 Å². The number of rotatable bonds is 3. The topological polar surface area (TPSA) is 29.5 Å². The van der Waals surface area contributed by atoms with Gasteiger partial charge in [-0.15, -0.1) is 0 Å². The third kappa shape index (κ3) is 2.86. The maximum absolute atomic E-state index is 12.5. The minimum Gasteiger partial charge on any atom is -0.493 e. The number of alkyl halides is 3. The maximum Gasteiger partial charge on any atom is 0.419 e. The molecular formula is C10H10F3O2. The summed E-state index contributed by atoms with van der Waals surface area (Å²) in [6.45, 7) is 2.38. The van der Waals surface area contributed by atoms with Crippen LogP contribution < -0.4 is 4.74 Å². The summed E-state index contributed by atoms with van der Waals surface area (Å²) < 4.78 is 42.4. The molecule has 1 N–H and O–H groups in total. The summed E-state index contributed by atoms with van der Waals surface area (Å²) in [6, 6.07) is 3.37. The second-order valence-electron chi connectivity index (χ2n) is 2.82. The van der Waals surface area contributed by atoms with Gasteiger partial charge in [0.2, 0.25) is 0 Å². The number of halogens is 3. The normalized spacial score (nSPS) is 11.5. The van der Waals surface area contributed by atoms with Crippen molar-refractivity contribution in [3.05, 3.63) is 35.9 Å². The van der Waals surface area contributed by atoms with Crippen molar-refractivity contribution in [3.8, 4) is 5.75 Å². The van der Waals surface area contributed by atoms with Crippen molar-refractivity contribution in [3.63, 3.8) is 0 Å². The molecule has 0 bridgehead atoms. The van der Waals surface area contributed by atoms with Crippen molar-refractivity contribution >= 4 is 0 Å². The molecule has 0 fully saturated rings. The van der Waals surface area contributed by atoms with Crippen LogP contribution in [0.2, 0.25) is 0 Å². The summed E-state index contributed by atoms with van der Waals surface area (Å²) in [5.74, 6) is -0.226. The zero-order valence-electron chi connectivity index (χ0n) is 8.01. The highest BCUT2D eigenvalue weighted by molar-refractivity contribution is 5.40. The Kier molecular flexibility index (Phi) is 3.57. The van der Waals surface area contributed by atoms with E-state index in [-0.39, 0.29) is 17.9 Å². The molecule has 0 atom stereocenters. The maximum atomic E-state index is 12.5. The van der Waals surface area contributed by atoms with E-state index in [9.17, 15) is 13.2 Å². The van der Waals surface area contributed by atoms with Crippen molar-refractivity contribution in [1.82, 2.24) is 0 Å². The second-order valence-corrected chi connectivity index (χ2v) is 2.82. The minimum atomic E-state index is -4.48. The van der Waals surface area contributed by atoms with E-state index < -0.39 is 11.7 Å². The SMILES string of the molecule is CCOc1ccc([CH]O)cc1C(F)(F)F. The summed E-state index contributed by atoms with van der Waals surface area (Å²) in [5.41, 5.74) is -0.794. The molecule has 0 aliphatic rings. The Morgan fingerprint density at radius 3 is 2.53 bits per heavy atom. The lowest BCUT2D eigenvalue weighted by Gasteiger charge is -2.13. The number of hydrogen-bond donors (Lipinski definition) is 1. The quantitative estimate of drug-likeness (QED) is 0.846. The van der Waals surface area contributed by atoms with Crippen LogP contribution in [0.15, 0.2) is 18.2 Å². The molecule has 0 aliphatic carbocycles. The molecule has 0 heterocycles. The fourth-order valence-electron chi connectivity index (χ4n) is 1.13. The van der Waals surface area contributed by atoms with Crippen molar-refractivity contribution in [2.24, 2.45) is 0 Å². The molecule has 1 aromatic rings. The van der Waals surface area contributed by atoms with Crippen LogP contribution in [0, 0.1) is 6.61 Å². The number of benzene rings is 1. The Morgan fingerprint density at radius 2 is 2.07 bits per heavy atom. The summed E-state index contributed by atoms with van der Waals surface area (Å²) in [6.07, 6.45) is -4.48. The summed E-state index contributed by atoms with van der Waals surface area (Å²) in [7, 11) is 0. The van der Waals surface area contributed by atoms with Gasteiger partial charge in [0, 0.05) is 0 Å². The summed E-state index contributed by atoms with van der Waals surface area (Å²) in [4.78, 5) is 0. The van der Waals surface area contributed by atoms with E-state index in [0.29, 0.717) is 6.61 Å². The van der Waals surface area contributed by atoms with E-state index in [1.54, 1.807) is 6.92 Å². The molecule has 0 saturated heterocycles. The van der Waals surface area contributed by atoms with Gasteiger partial charge in [0.05, 0.1) is 12.2 Å². The zero-order valence-corrected chi connectivity index (χ0v) is 8.01. The van der Waals surface area contributed by atoms with Gasteiger partial charge < -0.3 is 9.84 Å². The molecule has 0 aromatic heterocycles. The number of aliphatic hydroxyl groups is 1. The van der Waals surface area contributed by atoms with Crippen molar-refractivity contribution in [2.45, 2.75) is 13.1 Å².